The van der Waals surface area contributed by atoms with Crippen molar-refractivity contribution in [1.29, 1.82) is 5.26 Å². The molecule has 0 spiro atoms. The molecule has 4 heteroatoms. The van der Waals surface area contributed by atoms with Crippen molar-refractivity contribution in [1.82, 2.24) is 4.98 Å². The number of hydrogen-bond acceptors (Lipinski definition) is 3. The first kappa shape index (κ1) is 21.1. The molecule has 3 aromatic rings. The normalized spacial score (nSPS) is 27.9. The molecule has 5 atom stereocenters. The van der Waals surface area contributed by atoms with Crippen LogP contribution in [0, 0.1) is 30.1 Å². The summed E-state index contributed by atoms with van der Waals surface area (Å²) in [4.78, 5) is 4.51. The Morgan fingerprint density at radius 3 is 2.88 bits per heavy atom. The SMILES string of the molecule is CC[C@H]1C[N+]2(Cc3cc(C)ccc3C#N)CCC1C[C@H]2[C@H](O)c1ccnc2ccccc12. The molecule has 4 heterocycles. The number of aliphatic hydroxyl groups is 1. The second kappa shape index (κ2) is 8.31. The van der Waals surface area contributed by atoms with Gasteiger partial charge in [0.15, 0.2) is 0 Å². The van der Waals surface area contributed by atoms with Gasteiger partial charge in [0.1, 0.15) is 18.7 Å². The predicted octanol–water partition coefficient (Wildman–Crippen LogP) is 5.28. The molecule has 0 saturated carbocycles. The van der Waals surface area contributed by atoms with E-state index < -0.39 is 6.10 Å². The summed E-state index contributed by atoms with van der Waals surface area (Å²) in [5.74, 6) is 1.37. The van der Waals surface area contributed by atoms with E-state index in [4.69, 9.17) is 0 Å². The Labute approximate surface area is 190 Å². The molecule has 3 saturated heterocycles. The van der Waals surface area contributed by atoms with E-state index in [0.717, 1.165) is 58.1 Å². The van der Waals surface area contributed by atoms with Gasteiger partial charge >= 0.3 is 0 Å². The largest absolute Gasteiger partial charge is 0.382 e. The molecular formula is C28H32N3O+. The summed E-state index contributed by atoms with van der Waals surface area (Å²) in [7, 11) is 0. The van der Waals surface area contributed by atoms with Gasteiger partial charge in [-0.1, -0.05) is 36.8 Å². The molecule has 4 nitrogen and oxygen atoms in total. The maximum absolute atomic E-state index is 11.8. The third-order valence-electron chi connectivity index (χ3n) is 8.21. The number of hydrogen-bond donors (Lipinski definition) is 1. The smallest absolute Gasteiger partial charge is 0.131 e. The molecule has 3 aliphatic heterocycles. The molecule has 2 bridgehead atoms. The van der Waals surface area contributed by atoms with E-state index in [1.807, 2.05) is 42.6 Å². The Kier molecular flexibility index (Phi) is 5.49. The number of quaternary nitrogens is 1. The number of aliphatic hydroxyl groups excluding tert-OH is 1. The average molecular weight is 427 g/mol. The minimum Gasteiger partial charge on any atom is -0.382 e. The van der Waals surface area contributed by atoms with Crippen LogP contribution in [0.2, 0.25) is 0 Å². The molecule has 1 N–H and O–H groups in total. The molecule has 32 heavy (non-hydrogen) atoms. The highest BCUT2D eigenvalue weighted by molar-refractivity contribution is 5.82. The zero-order valence-corrected chi connectivity index (χ0v) is 19.0. The second-order valence-corrected chi connectivity index (χ2v) is 9.94. The Balaban J connectivity index is 1.58. The third kappa shape index (κ3) is 3.50. The minimum atomic E-state index is -0.543. The summed E-state index contributed by atoms with van der Waals surface area (Å²) in [6, 6.07) is 18.8. The van der Waals surface area contributed by atoms with Crippen LogP contribution in [0.1, 0.15) is 54.5 Å². The van der Waals surface area contributed by atoms with Crippen LogP contribution in [0.25, 0.3) is 10.9 Å². The molecule has 3 fully saturated rings. The van der Waals surface area contributed by atoms with Crippen molar-refractivity contribution in [2.45, 2.75) is 51.8 Å². The lowest BCUT2D eigenvalue weighted by atomic mass is 9.70. The fourth-order valence-electron chi connectivity index (χ4n) is 6.55. The lowest BCUT2D eigenvalue weighted by molar-refractivity contribution is -0.985. The number of nitriles is 1. The molecule has 0 radical (unpaired) electrons. The Morgan fingerprint density at radius 1 is 1.22 bits per heavy atom. The summed E-state index contributed by atoms with van der Waals surface area (Å²) < 4.78 is 0.880. The van der Waals surface area contributed by atoms with Crippen LogP contribution in [0.15, 0.2) is 54.7 Å². The van der Waals surface area contributed by atoms with Crippen LogP contribution in [-0.2, 0) is 6.54 Å². The highest BCUT2D eigenvalue weighted by atomic mass is 16.3. The van der Waals surface area contributed by atoms with Crippen molar-refractivity contribution in [3.8, 4) is 6.07 Å². The molecule has 6 rings (SSSR count). The monoisotopic (exact) mass is 426 g/mol. The van der Waals surface area contributed by atoms with Crippen molar-refractivity contribution in [2.24, 2.45) is 11.8 Å². The van der Waals surface area contributed by atoms with Gasteiger partial charge in [-0.15, -0.1) is 0 Å². The van der Waals surface area contributed by atoms with Crippen molar-refractivity contribution in [3.05, 3.63) is 77.0 Å². The molecule has 1 aromatic heterocycles. The molecule has 3 aliphatic rings. The highest BCUT2D eigenvalue weighted by Crippen LogP contribution is 2.48. The van der Waals surface area contributed by atoms with Crippen LogP contribution in [0.4, 0.5) is 0 Å². The van der Waals surface area contributed by atoms with E-state index >= 15 is 0 Å². The van der Waals surface area contributed by atoms with Crippen LogP contribution < -0.4 is 0 Å². The van der Waals surface area contributed by atoms with Gasteiger partial charge in [-0.3, -0.25) is 4.98 Å². The minimum absolute atomic E-state index is 0.134. The number of pyridine rings is 1. The molecule has 2 aromatic carbocycles. The first-order chi connectivity index (χ1) is 15.5. The Hall–Kier alpha value is -2.74. The number of benzene rings is 2. The molecule has 2 unspecified atom stereocenters. The lowest BCUT2D eigenvalue weighted by Crippen LogP contribution is -2.67. The molecular weight excluding hydrogens is 394 g/mol. The van der Waals surface area contributed by atoms with Gasteiger partial charge in [0.2, 0.25) is 0 Å². The molecule has 0 aliphatic carbocycles. The Morgan fingerprint density at radius 2 is 2.06 bits per heavy atom. The van der Waals surface area contributed by atoms with Gasteiger partial charge in [0, 0.05) is 35.9 Å². The van der Waals surface area contributed by atoms with E-state index in [-0.39, 0.29) is 6.04 Å². The van der Waals surface area contributed by atoms with Gasteiger partial charge in [-0.25, -0.2) is 0 Å². The summed E-state index contributed by atoms with van der Waals surface area (Å²) in [6.07, 6.45) is 4.73. The lowest BCUT2D eigenvalue weighted by Gasteiger charge is -2.58. The van der Waals surface area contributed by atoms with Crippen LogP contribution in [-0.4, -0.2) is 33.7 Å². The summed E-state index contributed by atoms with van der Waals surface area (Å²) in [5.41, 5.74) is 5.01. The maximum atomic E-state index is 11.8. The fraction of sp³-hybridized carbons (Fsp3) is 0.429. The maximum Gasteiger partial charge on any atom is 0.131 e. The van der Waals surface area contributed by atoms with Gasteiger partial charge in [0.05, 0.1) is 30.2 Å². The van der Waals surface area contributed by atoms with Gasteiger partial charge in [-0.05, 0) is 49.1 Å². The highest BCUT2D eigenvalue weighted by Gasteiger charge is 2.54. The van der Waals surface area contributed by atoms with E-state index in [1.165, 1.54) is 18.4 Å². The zero-order chi connectivity index (χ0) is 22.3. The summed E-state index contributed by atoms with van der Waals surface area (Å²) in [5, 5.41) is 22.6. The van der Waals surface area contributed by atoms with Gasteiger partial charge in [-0.2, -0.15) is 5.26 Å². The second-order valence-electron chi connectivity index (χ2n) is 9.94. The number of fused-ring (bicyclic) bond motifs is 4. The van der Waals surface area contributed by atoms with Crippen LogP contribution in [0.5, 0.6) is 0 Å². The van der Waals surface area contributed by atoms with Crippen molar-refractivity contribution in [3.63, 3.8) is 0 Å². The first-order valence-corrected chi connectivity index (χ1v) is 11.9. The number of para-hydroxylation sites is 1. The number of rotatable bonds is 5. The van der Waals surface area contributed by atoms with E-state index in [0.29, 0.717) is 11.8 Å². The van der Waals surface area contributed by atoms with Crippen LogP contribution >= 0.6 is 0 Å². The number of aromatic nitrogens is 1. The topological polar surface area (TPSA) is 56.9 Å². The first-order valence-electron chi connectivity index (χ1n) is 11.9. The molecule has 164 valence electrons. The standard InChI is InChI=1S/C28H32N3O/c1-3-20-17-31(18-23-14-19(2)8-9-22(23)16-29)13-11-21(20)15-27(31)28(32)25-10-12-30-26-7-5-4-6-24(25)26/h4-10,12,14,20-21,27-28,32H,3,11,13,15,17-18H2,1-2H3/q+1/t20-,21?,27-,28+,31?/m0/s1. The van der Waals surface area contributed by atoms with E-state index in [9.17, 15) is 10.4 Å². The van der Waals surface area contributed by atoms with E-state index in [2.05, 4.69) is 37.0 Å². The quantitative estimate of drug-likeness (QED) is 0.565. The number of piperidine rings is 3. The van der Waals surface area contributed by atoms with Crippen molar-refractivity contribution in [2.75, 3.05) is 13.1 Å². The number of aryl methyl sites for hydroxylation is 1. The number of nitrogens with zero attached hydrogens (tertiary/aromatic N) is 3. The Bertz CT molecular complexity index is 1180. The zero-order valence-electron chi connectivity index (χ0n) is 19.0. The van der Waals surface area contributed by atoms with E-state index in [1.54, 1.807) is 0 Å². The third-order valence-corrected chi connectivity index (χ3v) is 8.21. The van der Waals surface area contributed by atoms with Gasteiger partial charge < -0.3 is 9.59 Å². The predicted molar refractivity (Wildman–Crippen MR) is 127 cm³/mol. The van der Waals surface area contributed by atoms with Crippen LogP contribution in [0.3, 0.4) is 0 Å². The summed E-state index contributed by atoms with van der Waals surface area (Å²) in [6.45, 7) is 7.38. The average Bonchev–Trinajstić information content (AvgIpc) is 2.83. The van der Waals surface area contributed by atoms with Crippen molar-refractivity contribution < 1.29 is 9.59 Å². The molecule has 0 amide bonds. The summed E-state index contributed by atoms with van der Waals surface area (Å²) >= 11 is 0. The van der Waals surface area contributed by atoms with Gasteiger partial charge in [0.25, 0.3) is 0 Å². The van der Waals surface area contributed by atoms with Crippen molar-refractivity contribution >= 4 is 10.9 Å². The fourth-order valence-corrected chi connectivity index (χ4v) is 6.55.